The van der Waals surface area contributed by atoms with Crippen molar-refractivity contribution >= 4 is 28.7 Å². The maximum absolute atomic E-state index is 11.9. The van der Waals surface area contributed by atoms with E-state index in [9.17, 15) is 4.79 Å². The summed E-state index contributed by atoms with van der Waals surface area (Å²) in [5, 5.41) is 0. The predicted molar refractivity (Wildman–Crippen MR) is 75.6 cm³/mol. The van der Waals surface area contributed by atoms with Gasteiger partial charge < -0.3 is 4.74 Å². The van der Waals surface area contributed by atoms with Crippen LogP contribution in [0.5, 0.6) is 0 Å². The van der Waals surface area contributed by atoms with Gasteiger partial charge in [-0.05, 0) is 30.9 Å². The lowest BCUT2D eigenvalue weighted by Gasteiger charge is -2.30. The predicted octanol–water partition coefficient (Wildman–Crippen LogP) is 4.57. The molecule has 0 spiro atoms. The number of ketones is 1. The van der Waals surface area contributed by atoms with Crippen molar-refractivity contribution in [3.05, 3.63) is 21.3 Å². The van der Waals surface area contributed by atoms with Gasteiger partial charge in [0, 0.05) is 0 Å². The highest BCUT2D eigenvalue weighted by Crippen LogP contribution is 2.29. The summed E-state index contributed by atoms with van der Waals surface area (Å²) in [4.78, 5) is 12.6. The van der Waals surface area contributed by atoms with Gasteiger partial charge in [0.2, 0.25) is 0 Å². The topological polar surface area (TPSA) is 26.3 Å². The van der Waals surface area contributed by atoms with E-state index in [0.717, 1.165) is 12.8 Å². The number of thiophene rings is 1. The van der Waals surface area contributed by atoms with Gasteiger partial charge in [-0.15, -0.1) is 11.3 Å². The molecule has 0 N–H and O–H groups in total. The molecule has 0 aliphatic heterocycles. The number of Topliss-reactive ketones (excluding diaryl/α,β-unsaturated/α-hetero) is 1. The molecule has 1 aromatic heterocycles. The molecule has 0 bridgehead atoms. The van der Waals surface area contributed by atoms with E-state index in [1.54, 1.807) is 12.1 Å². The molecule has 0 saturated heterocycles. The number of halogens is 1. The fraction of sp³-hybridized carbons (Fsp3) is 0.643. The summed E-state index contributed by atoms with van der Waals surface area (Å²) in [6.45, 7) is 2.39. The summed E-state index contributed by atoms with van der Waals surface area (Å²) in [6.07, 6.45) is 6.26. The number of hydrogen-bond donors (Lipinski definition) is 0. The van der Waals surface area contributed by atoms with Crippen LogP contribution in [-0.2, 0) is 4.74 Å². The fourth-order valence-electron chi connectivity index (χ4n) is 2.58. The molecule has 2 unspecified atom stereocenters. The van der Waals surface area contributed by atoms with E-state index in [2.05, 4.69) is 6.92 Å². The minimum absolute atomic E-state index is 0.0485. The van der Waals surface area contributed by atoms with Crippen LogP contribution >= 0.6 is 22.9 Å². The summed E-state index contributed by atoms with van der Waals surface area (Å²) < 4.78 is 6.48. The Hall–Kier alpha value is -0.380. The Kier molecular flexibility index (Phi) is 5.22. The Morgan fingerprint density at radius 1 is 1.44 bits per heavy atom. The van der Waals surface area contributed by atoms with Crippen LogP contribution in [0.1, 0.15) is 48.7 Å². The minimum Gasteiger partial charge on any atom is -0.370 e. The molecule has 1 aliphatic rings. The van der Waals surface area contributed by atoms with Crippen LogP contribution in [0.15, 0.2) is 12.1 Å². The smallest absolute Gasteiger partial charge is 0.198 e. The molecule has 2 rings (SSSR count). The summed E-state index contributed by atoms with van der Waals surface area (Å²) in [5.74, 6) is 0.672. The molecule has 0 aromatic carbocycles. The Bertz CT molecular complexity index is 402. The summed E-state index contributed by atoms with van der Waals surface area (Å²) in [5.41, 5.74) is 0. The quantitative estimate of drug-likeness (QED) is 0.741. The average Bonchev–Trinajstić information content (AvgIpc) is 2.83. The van der Waals surface area contributed by atoms with Gasteiger partial charge in [0.05, 0.1) is 15.3 Å². The van der Waals surface area contributed by atoms with Gasteiger partial charge in [-0.2, -0.15) is 0 Å². The molecular weight excluding hydrogens is 268 g/mol. The van der Waals surface area contributed by atoms with Crippen LogP contribution < -0.4 is 0 Å². The second-order valence-electron chi connectivity index (χ2n) is 4.83. The third-order valence-electron chi connectivity index (χ3n) is 3.64. The van der Waals surface area contributed by atoms with E-state index in [4.69, 9.17) is 16.3 Å². The van der Waals surface area contributed by atoms with Gasteiger partial charge in [0.25, 0.3) is 0 Å². The van der Waals surface area contributed by atoms with Crippen LogP contribution in [0.25, 0.3) is 0 Å². The van der Waals surface area contributed by atoms with Gasteiger partial charge in [-0.1, -0.05) is 37.8 Å². The van der Waals surface area contributed by atoms with Crippen molar-refractivity contribution in [2.75, 3.05) is 6.61 Å². The van der Waals surface area contributed by atoms with Crippen molar-refractivity contribution in [1.29, 1.82) is 0 Å². The highest BCUT2D eigenvalue weighted by Gasteiger charge is 2.25. The number of ether oxygens (including phenoxy) is 1. The molecule has 4 heteroatoms. The Labute approximate surface area is 117 Å². The number of hydrogen-bond acceptors (Lipinski definition) is 3. The lowest BCUT2D eigenvalue weighted by Crippen LogP contribution is -2.29. The molecule has 1 saturated carbocycles. The number of carbonyl (C=O) groups excluding carboxylic acids is 1. The average molecular weight is 287 g/mol. The first-order chi connectivity index (χ1) is 8.70. The van der Waals surface area contributed by atoms with Crippen molar-refractivity contribution in [1.82, 2.24) is 0 Å². The second-order valence-corrected chi connectivity index (χ2v) is 6.54. The lowest BCUT2D eigenvalue weighted by atomic mass is 9.85. The molecule has 2 atom stereocenters. The summed E-state index contributed by atoms with van der Waals surface area (Å²) in [6, 6.07) is 3.53. The van der Waals surface area contributed by atoms with E-state index >= 15 is 0 Å². The van der Waals surface area contributed by atoms with Crippen molar-refractivity contribution < 1.29 is 9.53 Å². The number of carbonyl (C=O) groups is 1. The number of rotatable bonds is 5. The van der Waals surface area contributed by atoms with E-state index in [1.165, 1.54) is 30.6 Å². The zero-order valence-corrected chi connectivity index (χ0v) is 12.2. The van der Waals surface area contributed by atoms with Crippen molar-refractivity contribution in [2.24, 2.45) is 5.92 Å². The third-order valence-corrected chi connectivity index (χ3v) is 4.91. The van der Waals surface area contributed by atoms with Gasteiger partial charge in [0.15, 0.2) is 5.78 Å². The molecule has 0 amide bonds. The van der Waals surface area contributed by atoms with Crippen molar-refractivity contribution in [3.63, 3.8) is 0 Å². The monoisotopic (exact) mass is 286 g/mol. The van der Waals surface area contributed by atoms with Crippen LogP contribution in [0, 0.1) is 5.92 Å². The Morgan fingerprint density at radius 3 is 2.89 bits per heavy atom. The lowest BCUT2D eigenvalue weighted by molar-refractivity contribution is -0.00556. The van der Waals surface area contributed by atoms with Gasteiger partial charge in [0.1, 0.15) is 6.61 Å². The standard InChI is InChI=1S/C14H19ClO2S/c1-2-10-5-3-4-6-12(10)17-9-11(16)13-7-8-14(15)18-13/h7-8,10,12H,2-6,9H2,1H3. The van der Waals surface area contributed by atoms with Gasteiger partial charge in [-0.3, -0.25) is 4.79 Å². The fourth-order valence-corrected chi connectivity index (χ4v) is 3.55. The molecule has 1 aromatic rings. The minimum atomic E-state index is 0.0485. The van der Waals surface area contributed by atoms with Crippen LogP contribution in [0.2, 0.25) is 4.34 Å². The summed E-state index contributed by atoms with van der Waals surface area (Å²) >= 11 is 7.15. The zero-order valence-electron chi connectivity index (χ0n) is 10.7. The van der Waals surface area contributed by atoms with Crippen molar-refractivity contribution in [2.45, 2.75) is 45.1 Å². The first kappa shape index (κ1) is 14.0. The van der Waals surface area contributed by atoms with E-state index in [1.807, 2.05) is 0 Å². The largest absolute Gasteiger partial charge is 0.370 e. The third kappa shape index (κ3) is 3.56. The summed E-state index contributed by atoms with van der Waals surface area (Å²) in [7, 11) is 0. The second kappa shape index (κ2) is 6.69. The highest BCUT2D eigenvalue weighted by molar-refractivity contribution is 7.18. The van der Waals surface area contributed by atoms with E-state index in [0.29, 0.717) is 15.1 Å². The molecular formula is C14H19ClO2S. The Balaban J connectivity index is 1.85. The molecule has 0 radical (unpaired) electrons. The molecule has 100 valence electrons. The molecule has 18 heavy (non-hydrogen) atoms. The van der Waals surface area contributed by atoms with E-state index < -0.39 is 0 Å². The van der Waals surface area contributed by atoms with Gasteiger partial charge >= 0.3 is 0 Å². The van der Waals surface area contributed by atoms with E-state index in [-0.39, 0.29) is 18.5 Å². The maximum Gasteiger partial charge on any atom is 0.198 e. The highest BCUT2D eigenvalue weighted by atomic mass is 35.5. The first-order valence-electron chi connectivity index (χ1n) is 6.61. The molecule has 1 aliphatic carbocycles. The van der Waals surface area contributed by atoms with Crippen LogP contribution in [0.4, 0.5) is 0 Å². The Morgan fingerprint density at radius 2 is 2.22 bits per heavy atom. The van der Waals surface area contributed by atoms with Crippen LogP contribution in [-0.4, -0.2) is 18.5 Å². The molecule has 1 fully saturated rings. The molecule has 1 heterocycles. The SMILES string of the molecule is CCC1CCCCC1OCC(=O)c1ccc(Cl)s1. The van der Waals surface area contributed by atoms with Crippen LogP contribution in [0.3, 0.4) is 0 Å². The molecule has 2 nitrogen and oxygen atoms in total. The first-order valence-corrected chi connectivity index (χ1v) is 7.80. The van der Waals surface area contributed by atoms with Crippen molar-refractivity contribution in [3.8, 4) is 0 Å². The maximum atomic E-state index is 11.9. The normalized spacial score (nSPS) is 24.1. The van der Waals surface area contributed by atoms with Gasteiger partial charge in [-0.25, -0.2) is 0 Å². The zero-order chi connectivity index (χ0) is 13.0.